The van der Waals surface area contributed by atoms with Crippen LogP contribution in [0.3, 0.4) is 0 Å². The number of carbonyl (C=O) groups excluding carboxylic acids is 2. The molecule has 2 amide bonds. The van der Waals surface area contributed by atoms with Crippen molar-refractivity contribution in [3.05, 3.63) is 65.2 Å². The second-order valence-electron chi connectivity index (χ2n) is 8.57. The Balaban J connectivity index is 1.30. The molecule has 7 nitrogen and oxygen atoms in total. The Kier molecular flexibility index (Phi) is 9.22. The van der Waals surface area contributed by atoms with E-state index in [-0.39, 0.29) is 30.9 Å². The molecule has 1 aromatic heterocycles. The van der Waals surface area contributed by atoms with E-state index in [2.05, 4.69) is 15.5 Å². The summed E-state index contributed by atoms with van der Waals surface area (Å²) in [5.74, 6) is -0.260. The maximum atomic E-state index is 13.0. The van der Waals surface area contributed by atoms with Crippen molar-refractivity contribution in [1.82, 2.24) is 15.1 Å². The summed E-state index contributed by atoms with van der Waals surface area (Å²) in [6.45, 7) is 0.749. The van der Waals surface area contributed by atoms with E-state index >= 15 is 0 Å². The van der Waals surface area contributed by atoms with Crippen molar-refractivity contribution in [2.24, 2.45) is 0 Å². The molecule has 0 radical (unpaired) electrons. The van der Waals surface area contributed by atoms with Gasteiger partial charge in [-0.15, -0.1) is 10.2 Å². The van der Waals surface area contributed by atoms with Crippen LogP contribution in [0, 0.1) is 0 Å². The Morgan fingerprint density at radius 3 is 2.51 bits per heavy atom. The largest absolute Gasteiger partial charge is 0.367 e. The lowest BCUT2D eigenvalue weighted by atomic mass is 9.94. The van der Waals surface area contributed by atoms with Gasteiger partial charge in [0.15, 0.2) is 0 Å². The molecule has 0 aliphatic heterocycles. The third-order valence-electron chi connectivity index (χ3n) is 6.02. The Bertz CT molecular complexity index is 1100. The molecule has 2 aromatic carbocycles. The Morgan fingerprint density at radius 1 is 1.03 bits per heavy atom. The standard InChI is InChI=1S/C26H29ClN4O3S/c27-21-13-11-20(12-14-21)25-29-30-26(35-25)28-23(32)15-16-31(22-9-5-2-6-10-22)24(33)18-34-17-19-7-3-1-4-8-19/h1,3-4,7-8,11-14,22H,2,5-6,9-10,15-18H2,(H,28,30,32). The predicted octanol–water partition coefficient (Wildman–Crippen LogP) is 5.57. The summed E-state index contributed by atoms with van der Waals surface area (Å²) in [5, 5.41) is 12.8. The van der Waals surface area contributed by atoms with Gasteiger partial charge in [0.2, 0.25) is 16.9 Å². The van der Waals surface area contributed by atoms with Crippen LogP contribution in [0.5, 0.6) is 0 Å². The zero-order valence-electron chi connectivity index (χ0n) is 19.5. The number of benzene rings is 2. The van der Waals surface area contributed by atoms with Gasteiger partial charge in [-0.3, -0.25) is 9.59 Å². The van der Waals surface area contributed by atoms with Gasteiger partial charge in [-0.25, -0.2) is 0 Å². The molecular weight excluding hydrogens is 484 g/mol. The number of aromatic nitrogens is 2. The number of hydrogen-bond acceptors (Lipinski definition) is 6. The lowest BCUT2D eigenvalue weighted by Gasteiger charge is -2.34. The molecule has 4 rings (SSSR count). The Labute approximate surface area is 214 Å². The van der Waals surface area contributed by atoms with Crippen LogP contribution in [0.25, 0.3) is 10.6 Å². The summed E-state index contributed by atoms with van der Waals surface area (Å²) < 4.78 is 5.69. The molecule has 1 fully saturated rings. The first-order valence-corrected chi connectivity index (χ1v) is 13.1. The van der Waals surface area contributed by atoms with Gasteiger partial charge in [0.25, 0.3) is 0 Å². The number of hydrogen-bond donors (Lipinski definition) is 1. The Morgan fingerprint density at radius 2 is 1.77 bits per heavy atom. The van der Waals surface area contributed by atoms with E-state index in [0.717, 1.165) is 36.8 Å². The third-order valence-corrected chi connectivity index (χ3v) is 7.15. The zero-order valence-corrected chi connectivity index (χ0v) is 21.1. The molecule has 1 saturated carbocycles. The highest BCUT2D eigenvalue weighted by molar-refractivity contribution is 7.18. The van der Waals surface area contributed by atoms with E-state index in [4.69, 9.17) is 16.3 Å². The molecule has 0 bridgehead atoms. The SMILES string of the molecule is O=C(CCN(C(=O)COCc1ccccc1)C1CCCCC1)Nc1nnc(-c2ccc(Cl)cc2)s1. The smallest absolute Gasteiger partial charge is 0.248 e. The van der Waals surface area contributed by atoms with Gasteiger partial charge in [0, 0.05) is 29.6 Å². The minimum atomic E-state index is -0.192. The molecule has 0 spiro atoms. The maximum absolute atomic E-state index is 13.0. The quantitative estimate of drug-likeness (QED) is 0.384. The number of amides is 2. The van der Waals surface area contributed by atoms with Crippen molar-refractivity contribution in [2.45, 2.75) is 51.2 Å². The number of nitrogens with one attached hydrogen (secondary N) is 1. The van der Waals surface area contributed by atoms with Gasteiger partial charge in [-0.05, 0) is 30.5 Å². The van der Waals surface area contributed by atoms with Gasteiger partial charge in [0.05, 0.1) is 6.61 Å². The van der Waals surface area contributed by atoms with Crippen LogP contribution in [-0.4, -0.2) is 46.1 Å². The molecule has 1 N–H and O–H groups in total. The van der Waals surface area contributed by atoms with E-state index in [1.165, 1.54) is 17.8 Å². The molecule has 1 aliphatic rings. The number of carbonyl (C=O) groups is 2. The number of nitrogens with zero attached hydrogens (tertiary/aromatic N) is 3. The number of ether oxygens (including phenoxy) is 1. The summed E-state index contributed by atoms with van der Waals surface area (Å²) in [7, 11) is 0. The van der Waals surface area contributed by atoms with Crippen molar-refractivity contribution in [1.29, 1.82) is 0 Å². The first-order valence-electron chi connectivity index (χ1n) is 11.9. The van der Waals surface area contributed by atoms with Crippen LogP contribution in [-0.2, 0) is 20.9 Å². The minimum Gasteiger partial charge on any atom is -0.367 e. The fourth-order valence-corrected chi connectivity index (χ4v) is 5.09. The zero-order chi connectivity index (χ0) is 24.5. The minimum absolute atomic E-state index is 0.00780. The first-order chi connectivity index (χ1) is 17.1. The monoisotopic (exact) mass is 512 g/mol. The van der Waals surface area contributed by atoms with Crippen molar-refractivity contribution in [3.8, 4) is 10.6 Å². The van der Waals surface area contributed by atoms with E-state index < -0.39 is 0 Å². The first kappa shape index (κ1) is 25.3. The van der Waals surface area contributed by atoms with Crippen LogP contribution < -0.4 is 5.32 Å². The normalized spacial score (nSPS) is 14.0. The van der Waals surface area contributed by atoms with Gasteiger partial charge in [0.1, 0.15) is 11.6 Å². The highest BCUT2D eigenvalue weighted by atomic mass is 35.5. The van der Waals surface area contributed by atoms with E-state index in [1.54, 1.807) is 12.1 Å². The molecule has 9 heteroatoms. The topological polar surface area (TPSA) is 84.4 Å². The van der Waals surface area contributed by atoms with Crippen LogP contribution in [0.1, 0.15) is 44.1 Å². The van der Waals surface area contributed by atoms with Gasteiger partial charge in [-0.2, -0.15) is 0 Å². The molecule has 0 atom stereocenters. The van der Waals surface area contributed by atoms with Crippen molar-refractivity contribution in [3.63, 3.8) is 0 Å². The average molecular weight is 513 g/mol. The van der Waals surface area contributed by atoms with Gasteiger partial charge < -0.3 is 15.0 Å². The van der Waals surface area contributed by atoms with Gasteiger partial charge in [-0.1, -0.05) is 84.7 Å². The maximum Gasteiger partial charge on any atom is 0.248 e. The molecule has 1 heterocycles. The second-order valence-corrected chi connectivity index (χ2v) is 9.99. The van der Waals surface area contributed by atoms with Crippen molar-refractivity contribution in [2.75, 3.05) is 18.5 Å². The molecule has 35 heavy (non-hydrogen) atoms. The molecule has 3 aromatic rings. The summed E-state index contributed by atoms with van der Waals surface area (Å²) >= 11 is 7.24. The van der Waals surface area contributed by atoms with Crippen LogP contribution in [0.2, 0.25) is 5.02 Å². The highest BCUT2D eigenvalue weighted by Crippen LogP contribution is 2.27. The molecule has 0 unspecified atom stereocenters. The van der Waals surface area contributed by atoms with Crippen LogP contribution >= 0.6 is 22.9 Å². The second kappa shape index (κ2) is 12.8. The summed E-state index contributed by atoms with van der Waals surface area (Å²) in [4.78, 5) is 27.5. The average Bonchev–Trinajstić information content (AvgIpc) is 3.34. The van der Waals surface area contributed by atoms with Crippen molar-refractivity contribution < 1.29 is 14.3 Å². The summed E-state index contributed by atoms with van der Waals surface area (Å²) in [6, 6.07) is 17.2. The predicted molar refractivity (Wildman–Crippen MR) is 138 cm³/mol. The van der Waals surface area contributed by atoms with Crippen LogP contribution in [0.15, 0.2) is 54.6 Å². The highest BCUT2D eigenvalue weighted by Gasteiger charge is 2.26. The molecule has 1 aliphatic carbocycles. The Hall–Kier alpha value is -2.81. The van der Waals surface area contributed by atoms with Crippen LogP contribution in [0.4, 0.5) is 5.13 Å². The summed E-state index contributed by atoms with van der Waals surface area (Å²) in [6.07, 6.45) is 5.51. The third kappa shape index (κ3) is 7.59. The number of rotatable bonds is 10. The number of halogens is 1. The van der Waals surface area contributed by atoms with E-state index in [0.29, 0.717) is 28.3 Å². The molecule has 0 saturated heterocycles. The molecular formula is C26H29ClN4O3S. The number of anilines is 1. The fraction of sp³-hybridized carbons (Fsp3) is 0.385. The fourth-order valence-electron chi connectivity index (χ4n) is 4.20. The van der Waals surface area contributed by atoms with E-state index in [9.17, 15) is 9.59 Å². The van der Waals surface area contributed by atoms with Gasteiger partial charge >= 0.3 is 0 Å². The summed E-state index contributed by atoms with van der Waals surface area (Å²) in [5.41, 5.74) is 1.91. The van der Waals surface area contributed by atoms with E-state index in [1.807, 2.05) is 47.4 Å². The lowest BCUT2D eigenvalue weighted by Crippen LogP contribution is -2.44. The molecule has 184 valence electrons. The lowest BCUT2D eigenvalue weighted by molar-refractivity contribution is -0.140. The van der Waals surface area contributed by atoms with Crippen molar-refractivity contribution >= 4 is 39.9 Å².